The summed E-state index contributed by atoms with van der Waals surface area (Å²) in [5.74, 6) is 0.807. The molecule has 0 radical (unpaired) electrons. The summed E-state index contributed by atoms with van der Waals surface area (Å²) >= 11 is 1.99. The summed E-state index contributed by atoms with van der Waals surface area (Å²) in [6.07, 6.45) is 6.43. The number of carbonyl (C=O) groups is 1. The van der Waals surface area contributed by atoms with Crippen molar-refractivity contribution in [2.24, 2.45) is 5.92 Å². The van der Waals surface area contributed by atoms with Crippen molar-refractivity contribution in [1.29, 1.82) is 0 Å². The van der Waals surface area contributed by atoms with Gasteiger partial charge in [0, 0.05) is 47.4 Å². The molecule has 2 aromatic rings. The van der Waals surface area contributed by atoms with Gasteiger partial charge in [0.25, 0.3) is 5.91 Å². The third kappa shape index (κ3) is 4.08. The molecule has 4 heterocycles. The van der Waals surface area contributed by atoms with Gasteiger partial charge in [-0.05, 0) is 63.5 Å². The number of ether oxygens (including phenoxy) is 1. The molecule has 1 saturated heterocycles. The fourth-order valence-corrected chi connectivity index (χ4v) is 6.79. The lowest BCUT2D eigenvalue weighted by Gasteiger charge is -2.49. The van der Waals surface area contributed by atoms with Crippen LogP contribution in [0.15, 0.2) is 16.7 Å². The van der Waals surface area contributed by atoms with Gasteiger partial charge in [0.05, 0.1) is 17.9 Å². The molecule has 0 bridgehead atoms. The number of hydrogen-bond donors (Lipinski definition) is 1. The molecule has 1 aliphatic carbocycles. The molecule has 168 valence electrons. The first-order chi connectivity index (χ1) is 15.0. The predicted octanol–water partition coefficient (Wildman–Crippen LogP) is 4.07. The summed E-state index contributed by atoms with van der Waals surface area (Å²) in [7, 11) is 0. The van der Waals surface area contributed by atoms with Crippen molar-refractivity contribution in [2.45, 2.75) is 77.0 Å². The van der Waals surface area contributed by atoms with Crippen LogP contribution in [0.5, 0.6) is 0 Å². The number of nitrogens with one attached hydrogen (secondary N) is 1. The van der Waals surface area contributed by atoms with E-state index in [0.717, 1.165) is 63.9 Å². The van der Waals surface area contributed by atoms with Crippen LogP contribution in [0, 0.1) is 12.8 Å². The molecule has 2 aliphatic heterocycles. The van der Waals surface area contributed by atoms with Crippen LogP contribution >= 0.6 is 11.3 Å². The molecule has 7 heteroatoms. The first kappa shape index (κ1) is 21.2. The molecule has 1 saturated carbocycles. The lowest BCUT2D eigenvalue weighted by Crippen LogP contribution is -2.54. The number of thiophene rings is 1. The van der Waals surface area contributed by atoms with E-state index in [1.807, 2.05) is 18.3 Å². The second-order valence-corrected chi connectivity index (χ2v) is 10.9. The van der Waals surface area contributed by atoms with Gasteiger partial charge in [-0.25, -0.2) is 0 Å². The minimum atomic E-state index is -0.148. The molecule has 5 rings (SSSR count). The molecule has 2 fully saturated rings. The van der Waals surface area contributed by atoms with E-state index in [9.17, 15) is 4.79 Å². The van der Waals surface area contributed by atoms with Crippen molar-refractivity contribution in [3.8, 4) is 0 Å². The highest BCUT2D eigenvalue weighted by molar-refractivity contribution is 7.12. The Balaban J connectivity index is 1.14. The summed E-state index contributed by atoms with van der Waals surface area (Å²) in [4.78, 5) is 17.9. The average Bonchev–Trinajstić information content (AvgIpc) is 3.35. The van der Waals surface area contributed by atoms with E-state index in [1.165, 1.54) is 10.4 Å². The summed E-state index contributed by atoms with van der Waals surface area (Å²) in [5.41, 5.74) is 2.15. The molecule has 3 aliphatic rings. The molecule has 6 nitrogen and oxygen atoms in total. The second kappa shape index (κ2) is 8.34. The number of aromatic nitrogens is 1. The van der Waals surface area contributed by atoms with Crippen LogP contribution in [-0.2, 0) is 23.2 Å². The number of rotatable bonds is 5. The number of aryl methyl sites for hydroxylation is 2. The second-order valence-electron chi connectivity index (χ2n) is 9.63. The number of fused-ring (bicyclic) bond motifs is 2. The van der Waals surface area contributed by atoms with Crippen molar-refractivity contribution in [3.63, 3.8) is 0 Å². The molecule has 0 aromatic carbocycles. The van der Waals surface area contributed by atoms with Gasteiger partial charge in [-0.2, -0.15) is 0 Å². The van der Waals surface area contributed by atoms with Crippen LogP contribution < -0.4 is 5.32 Å². The highest BCUT2D eigenvalue weighted by Gasteiger charge is 2.45. The Labute approximate surface area is 188 Å². The SMILES string of the molecule is CCc1cc2c(s1)CCO[C@@]21CCN(C[C@H]2C[C@@H](NC(=O)c3cc(C)no3)C2)[C@@H](C)C1. The van der Waals surface area contributed by atoms with E-state index in [0.29, 0.717) is 17.7 Å². The van der Waals surface area contributed by atoms with Crippen molar-refractivity contribution in [1.82, 2.24) is 15.4 Å². The number of nitrogens with zero attached hydrogens (tertiary/aromatic N) is 2. The van der Waals surface area contributed by atoms with Crippen LogP contribution in [-0.4, -0.2) is 47.7 Å². The predicted molar refractivity (Wildman–Crippen MR) is 121 cm³/mol. The third-order valence-corrected chi connectivity index (χ3v) is 8.71. The highest BCUT2D eigenvalue weighted by atomic mass is 32.1. The Morgan fingerprint density at radius 2 is 2.23 bits per heavy atom. The van der Waals surface area contributed by atoms with Gasteiger partial charge in [0.2, 0.25) is 5.76 Å². The largest absolute Gasteiger partial charge is 0.370 e. The molecule has 1 spiro atoms. The van der Waals surface area contributed by atoms with Crippen molar-refractivity contribution >= 4 is 17.2 Å². The summed E-state index contributed by atoms with van der Waals surface area (Å²) in [6, 6.07) is 4.87. The maximum absolute atomic E-state index is 12.2. The van der Waals surface area contributed by atoms with Gasteiger partial charge < -0.3 is 19.5 Å². The number of hydrogen-bond acceptors (Lipinski definition) is 6. The van der Waals surface area contributed by atoms with E-state index < -0.39 is 0 Å². The monoisotopic (exact) mass is 443 g/mol. The summed E-state index contributed by atoms with van der Waals surface area (Å²) in [6.45, 7) is 9.49. The molecule has 2 atom stereocenters. The quantitative estimate of drug-likeness (QED) is 0.755. The first-order valence-corrected chi connectivity index (χ1v) is 12.5. The molecule has 31 heavy (non-hydrogen) atoms. The van der Waals surface area contributed by atoms with Gasteiger partial charge in [0.1, 0.15) is 0 Å². The average molecular weight is 444 g/mol. The number of piperidine rings is 1. The molecule has 1 amide bonds. The molecule has 2 aromatic heterocycles. The Hall–Kier alpha value is -1.70. The topological polar surface area (TPSA) is 67.6 Å². The first-order valence-electron chi connectivity index (χ1n) is 11.7. The Morgan fingerprint density at radius 3 is 2.94 bits per heavy atom. The fraction of sp³-hybridized carbons (Fsp3) is 0.667. The molecule has 1 N–H and O–H groups in total. The zero-order valence-corrected chi connectivity index (χ0v) is 19.6. The van der Waals surface area contributed by atoms with E-state index in [2.05, 4.69) is 35.3 Å². The smallest absolute Gasteiger partial charge is 0.290 e. The van der Waals surface area contributed by atoms with Crippen LogP contribution in [0.25, 0.3) is 0 Å². The van der Waals surface area contributed by atoms with Crippen LogP contribution in [0.3, 0.4) is 0 Å². The van der Waals surface area contributed by atoms with Gasteiger partial charge >= 0.3 is 0 Å². The molecular weight excluding hydrogens is 410 g/mol. The summed E-state index contributed by atoms with van der Waals surface area (Å²) in [5, 5.41) is 6.87. The highest BCUT2D eigenvalue weighted by Crippen LogP contribution is 2.46. The van der Waals surface area contributed by atoms with Crippen molar-refractivity contribution < 1.29 is 14.1 Å². The number of likely N-dealkylation sites (tertiary alicyclic amines) is 1. The standard InChI is InChI=1S/C24H33N3O3S/c1-4-19-12-20-22(31-19)5-8-29-24(20)6-7-27(16(3)13-24)14-17-10-18(11-17)25-23(28)21-9-15(2)26-30-21/h9,12,16-18H,4-8,10-11,13-14H2,1-3H3,(H,25,28)/t16-,17-,18+,24+/m0/s1. The zero-order chi connectivity index (χ0) is 21.6. The Bertz CT molecular complexity index is 948. The Morgan fingerprint density at radius 1 is 1.39 bits per heavy atom. The van der Waals surface area contributed by atoms with Crippen LogP contribution in [0.1, 0.15) is 71.1 Å². The van der Waals surface area contributed by atoms with Gasteiger partial charge in [-0.1, -0.05) is 12.1 Å². The lowest BCUT2D eigenvalue weighted by molar-refractivity contribution is -0.114. The van der Waals surface area contributed by atoms with E-state index in [1.54, 1.807) is 10.9 Å². The van der Waals surface area contributed by atoms with Crippen molar-refractivity contribution in [3.05, 3.63) is 38.9 Å². The minimum absolute atomic E-state index is 0.0707. The molecular formula is C24H33N3O3S. The molecule has 0 unspecified atom stereocenters. The van der Waals surface area contributed by atoms with Gasteiger partial charge in [-0.3, -0.25) is 4.79 Å². The Kier molecular flexibility index (Phi) is 5.69. The summed E-state index contributed by atoms with van der Waals surface area (Å²) < 4.78 is 11.5. The lowest BCUT2D eigenvalue weighted by atomic mass is 9.76. The van der Waals surface area contributed by atoms with Gasteiger partial charge in [0.15, 0.2) is 0 Å². The fourth-order valence-electron chi connectivity index (χ4n) is 5.61. The normalized spacial score (nSPS) is 30.7. The van der Waals surface area contributed by atoms with Gasteiger partial charge in [-0.15, -0.1) is 11.3 Å². The zero-order valence-electron chi connectivity index (χ0n) is 18.8. The number of carbonyl (C=O) groups excluding carboxylic acids is 1. The third-order valence-electron chi connectivity index (χ3n) is 7.37. The van der Waals surface area contributed by atoms with E-state index >= 15 is 0 Å². The van der Waals surface area contributed by atoms with E-state index in [4.69, 9.17) is 9.26 Å². The maximum Gasteiger partial charge on any atom is 0.290 e. The van der Waals surface area contributed by atoms with Crippen LogP contribution in [0.2, 0.25) is 0 Å². The van der Waals surface area contributed by atoms with Crippen molar-refractivity contribution in [2.75, 3.05) is 19.7 Å². The maximum atomic E-state index is 12.2. The number of amides is 1. The minimum Gasteiger partial charge on any atom is -0.370 e. The van der Waals surface area contributed by atoms with Crippen LogP contribution in [0.4, 0.5) is 0 Å². The van der Waals surface area contributed by atoms with E-state index in [-0.39, 0.29) is 17.6 Å².